The summed E-state index contributed by atoms with van der Waals surface area (Å²) in [6, 6.07) is 0. The topological polar surface area (TPSA) is 52.3 Å². The van der Waals surface area contributed by atoms with Crippen LogP contribution in [0.15, 0.2) is 16.9 Å². The normalized spacial score (nSPS) is 9.75. The molecule has 0 aliphatic rings. The molecule has 0 aromatic carbocycles. The Kier molecular flexibility index (Phi) is 3.32. The molecule has 1 rings (SSSR count). The van der Waals surface area contributed by atoms with Crippen molar-refractivity contribution < 1.29 is 13.9 Å². The molecule has 0 unspecified atom stereocenters. The van der Waals surface area contributed by atoms with E-state index in [1.165, 1.54) is 6.26 Å². The molecular formula is C8H11NO3. The highest BCUT2D eigenvalue weighted by Gasteiger charge is 2.04. The van der Waals surface area contributed by atoms with Gasteiger partial charge < -0.3 is 9.15 Å². The zero-order valence-corrected chi connectivity index (χ0v) is 6.95. The number of hydrogen-bond acceptors (Lipinski definition) is 4. The van der Waals surface area contributed by atoms with Crippen molar-refractivity contribution >= 4 is 5.97 Å². The number of nitrogens with zero attached hydrogens (tertiary/aromatic N) is 1. The first-order valence-electron chi connectivity index (χ1n) is 3.87. The van der Waals surface area contributed by atoms with Gasteiger partial charge in [0.25, 0.3) is 0 Å². The van der Waals surface area contributed by atoms with Crippen LogP contribution >= 0.6 is 0 Å². The molecule has 0 spiro atoms. The first-order chi connectivity index (χ1) is 5.83. The molecule has 0 bridgehead atoms. The highest BCUT2D eigenvalue weighted by atomic mass is 16.5. The van der Waals surface area contributed by atoms with Crippen LogP contribution in [0.1, 0.15) is 19.2 Å². The van der Waals surface area contributed by atoms with E-state index in [9.17, 15) is 4.79 Å². The van der Waals surface area contributed by atoms with Crippen LogP contribution in [0.5, 0.6) is 0 Å². The zero-order chi connectivity index (χ0) is 8.81. The Labute approximate surface area is 70.5 Å². The van der Waals surface area contributed by atoms with Gasteiger partial charge in [-0.2, -0.15) is 0 Å². The van der Waals surface area contributed by atoms with Gasteiger partial charge in [-0.25, -0.2) is 4.98 Å². The highest BCUT2D eigenvalue weighted by molar-refractivity contribution is 5.69. The van der Waals surface area contributed by atoms with E-state index >= 15 is 0 Å². The molecule has 4 heteroatoms. The SMILES string of the molecule is CCOC(=O)CCc1ncco1. The first kappa shape index (κ1) is 8.77. The van der Waals surface area contributed by atoms with E-state index in [-0.39, 0.29) is 5.97 Å². The number of rotatable bonds is 4. The van der Waals surface area contributed by atoms with E-state index in [1.807, 2.05) is 0 Å². The van der Waals surface area contributed by atoms with Crippen LogP contribution < -0.4 is 0 Å². The Morgan fingerprint density at radius 3 is 3.17 bits per heavy atom. The predicted octanol–water partition coefficient (Wildman–Crippen LogP) is 1.17. The summed E-state index contributed by atoms with van der Waals surface area (Å²) in [5.74, 6) is 0.360. The average Bonchev–Trinajstić information content (AvgIpc) is 2.53. The van der Waals surface area contributed by atoms with Crippen LogP contribution in [0.4, 0.5) is 0 Å². The Morgan fingerprint density at radius 2 is 2.58 bits per heavy atom. The van der Waals surface area contributed by atoms with Crippen molar-refractivity contribution in [3.05, 3.63) is 18.4 Å². The summed E-state index contributed by atoms with van der Waals surface area (Å²) in [4.78, 5) is 14.7. The van der Waals surface area contributed by atoms with E-state index < -0.39 is 0 Å². The van der Waals surface area contributed by atoms with E-state index in [1.54, 1.807) is 13.1 Å². The fourth-order valence-corrected chi connectivity index (χ4v) is 0.819. The van der Waals surface area contributed by atoms with E-state index in [0.29, 0.717) is 25.3 Å². The average molecular weight is 169 g/mol. The Morgan fingerprint density at radius 1 is 1.75 bits per heavy atom. The van der Waals surface area contributed by atoms with Crippen LogP contribution in [0.3, 0.4) is 0 Å². The maximum atomic E-state index is 10.8. The third-order valence-electron chi connectivity index (χ3n) is 1.33. The van der Waals surface area contributed by atoms with Gasteiger partial charge in [-0.05, 0) is 6.92 Å². The number of aryl methyl sites for hydroxylation is 1. The molecule has 0 fully saturated rings. The molecule has 0 radical (unpaired) electrons. The molecular weight excluding hydrogens is 158 g/mol. The largest absolute Gasteiger partial charge is 0.466 e. The molecule has 0 atom stereocenters. The number of ether oxygens (including phenoxy) is 1. The molecule has 1 heterocycles. The van der Waals surface area contributed by atoms with Gasteiger partial charge in [0.1, 0.15) is 6.26 Å². The van der Waals surface area contributed by atoms with Crippen molar-refractivity contribution in [2.75, 3.05) is 6.61 Å². The van der Waals surface area contributed by atoms with Gasteiger partial charge in [0.15, 0.2) is 5.89 Å². The second-order valence-electron chi connectivity index (χ2n) is 2.23. The third kappa shape index (κ3) is 2.74. The molecule has 4 nitrogen and oxygen atoms in total. The number of aromatic nitrogens is 1. The molecule has 0 saturated heterocycles. The number of hydrogen-bond donors (Lipinski definition) is 0. The first-order valence-corrected chi connectivity index (χ1v) is 3.87. The second-order valence-corrected chi connectivity index (χ2v) is 2.23. The maximum Gasteiger partial charge on any atom is 0.306 e. The molecule has 0 aliphatic carbocycles. The van der Waals surface area contributed by atoms with Gasteiger partial charge in [0.05, 0.1) is 19.2 Å². The lowest BCUT2D eigenvalue weighted by molar-refractivity contribution is -0.143. The van der Waals surface area contributed by atoms with Gasteiger partial charge >= 0.3 is 5.97 Å². The molecule has 12 heavy (non-hydrogen) atoms. The third-order valence-corrected chi connectivity index (χ3v) is 1.33. The zero-order valence-electron chi connectivity index (χ0n) is 6.95. The van der Waals surface area contributed by atoms with Crippen LogP contribution in [-0.2, 0) is 16.0 Å². The van der Waals surface area contributed by atoms with Crippen LogP contribution in [0, 0.1) is 0 Å². The molecule has 0 aliphatic heterocycles. The van der Waals surface area contributed by atoms with Crippen molar-refractivity contribution in [2.45, 2.75) is 19.8 Å². The standard InChI is InChI=1S/C8H11NO3/c1-2-11-8(10)4-3-7-9-5-6-12-7/h5-6H,2-4H2,1H3. The van der Waals surface area contributed by atoms with Crippen LogP contribution in [0.2, 0.25) is 0 Å². The number of esters is 1. The molecule has 1 aromatic heterocycles. The maximum absolute atomic E-state index is 10.8. The lowest BCUT2D eigenvalue weighted by atomic mass is 10.3. The minimum Gasteiger partial charge on any atom is -0.466 e. The van der Waals surface area contributed by atoms with Crippen molar-refractivity contribution in [2.24, 2.45) is 0 Å². The number of carbonyl (C=O) groups excluding carboxylic acids is 1. The number of carbonyl (C=O) groups is 1. The van der Waals surface area contributed by atoms with Gasteiger partial charge in [0.2, 0.25) is 0 Å². The Hall–Kier alpha value is -1.32. The lowest BCUT2D eigenvalue weighted by Crippen LogP contribution is -2.05. The van der Waals surface area contributed by atoms with E-state index in [0.717, 1.165) is 0 Å². The van der Waals surface area contributed by atoms with Gasteiger partial charge in [-0.15, -0.1) is 0 Å². The summed E-state index contributed by atoms with van der Waals surface area (Å²) in [7, 11) is 0. The molecule has 0 saturated carbocycles. The van der Waals surface area contributed by atoms with Crippen molar-refractivity contribution in [1.82, 2.24) is 4.98 Å². The molecule has 1 aromatic rings. The van der Waals surface area contributed by atoms with E-state index in [4.69, 9.17) is 9.15 Å². The minimum absolute atomic E-state index is 0.212. The summed E-state index contributed by atoms with van der Waals surface area (Å²) in [6.45, 7) is 2.20. The Balaban J connectivity index is 2.22. The summed E-state index contributed by atoms with van der Waals surface area (Å²) in [5.41, 5.74) is 0. The van der Waals surface area contributed by atoms with Gasteiger partial charge in [0, 0.05) is 6.42 Å². The fourth-order valence-electron chi connectivity index (χ4n) is 0.819. The minimum atomic E-state index is -0.212. The molecule has 0 amide bonds. The van der Waals surface area contributed by atoms with E-state index in [2.05, 4.69) is 4.98 Å². The van der Waals surface area contributed by atoms with Gasteiger partial charge in [-0.1, -0.05) is 0 Å². The Bertz CT molecular complexity index is 230. The van der Waals surface area contributed by atoms with Crippen molar-refractivity contribution in [3.8, 4) is 0 Å². The monoisotopic (exact) mass is 169 g/mol. The van der Waals surface area contributed by atoms with Crippen molar-refractivity contribution in [1.29, 1.82) is 0 Å². The molecule has 0 N–H and O–H groups in total. The van der Waals surface area contributed by atoms with Crippen LogP contribution in [0.25, 0.3) is 0 Å². The van der Waals surface area contributed by atoms with Gasteiger partial charge in [-0.3, -0.25) is 4.79 Å². The summed E-state index contributed by atoms with van der Waals surface area (Å²) >= 11 is 0. The quantitative estimate of drug-likeness (QED) is 0.635. The smallest absolute Gasteiger partial charge is 0.306 e. The lowest BCUT2D eigenvalue weighted by Gasteiger charge is -1.98. The summed E-state index contributed by atoms with van der Waals surface area (Å²) in [6.07, 6.45) is 3.88. The molecule has 66 valence electrons. The predicted molar refractivity (Wildman–Crippen MR) is 41.5 cm³/mol. The van der Waals surface area contributed by atoms with Crippen LogP contribution in [-0.4, -0.2) is 17.6 Å². The number of oxazole rings is 1. The van der Waals surface area contributed by atoms with Crippen molar-refractivity contribution in [3.63, 3.8) is 0 Å². The second kappa shape index (κ2) is 4.54. The summed E-state index contributed by atoms with van der Waals surface area (Å²) < 4.78 is 9.67. The summed E-state index contributed by atoms with van der Waals surface area (Å²) in [5, 5.41) is 0. The fraction of sp³-hybridized carbons (Fsp3) is 0.500. The highest BCUT2D eigenvalue weighted by Crippen LogP contribution is 1.99.